The molecular formula is C13H20O4. The Morgan fingerprint density at radius 1 is 1.24 bits per heavy atom. The molecule has 0 aromatic heterocycles. The van der Waals surface area contributed by atoms with Crippen LogP contribution in [0.2, 0.25) is 0 Å². The average molecular weight is 240 g/mol. The number of hydrogen-bond donors (Lipinski definition) is 0. The Hall–Kier alpha value is -1.58. The summed E-state index contributed by atoms with van der Waals surface area (Å²) in [5.41, 5.74) is 0.591. The van der Waals surface area contributed by atoms with E-state index >= 15 is 0 Å². The maximum Gasteiger partial charge on any atom is 0.333 e. The van der Waals surface area contributed by atoms with Crippen LogP contribution in [0.4, 0.5) is 0 Å². The molecule has 0 aliphatic carbocycles. The van der Waals surface area contributed by atoms with E-state index in [4.69, 9.17) is 4.74 Å². The highest BCUT2D eigenvalue weighted by Crippen LogP contribution is 2.02. The Bertz CT molecular complexity index is 292. The molecular weight excluding hydrogens is 220 g/mol. The molecule has 4 nitrogen and oxygen atoms in total. The molecule has 0 fully saturated rings. The zero-order chi connectivity index (χ0) is 13.1. The molecule has 96 valence electrons. The number of rotatable bonds is 8. The predicted molar refractivity (Wildman–Crippen MR) is 65.4 cm³/mol. The zero-order valence-corrected chi connectivity index (χ0v) is 10.5. The first kappa shape index (κ1) is 15.4. The normalized spacial score (nSPS) is 10.8. The number of carbonyl (C=O) groups is 2. The second-order valence-corrected chi connectivity index (χ2v) is 3.54. The summed E-state index contributed by atoms with van der Waals surface area (Å²) in [7, 11) is 0. The van der Waals surface area contributed by atoms with Gasteiger partial charge >= 0.3 is 11.9 Å². The minimum atomic E-state index is -0.517. The fourth-order valence-corrected chi connectivity index (χ4v) is 1.06. The molecule has 0 aliphatic rings. The standard InChI is InChI=1S/C13H20O4/c1-4-6-7-8-11(3)13(15)17-10-9-16-12(14)5-2/h5,8H,2,4,6-7,9-10H2,1,3H3. The van der Waals surface area contributed by atoms with Crippen LogP contribution in [-0.4, -0.2) is 25.2 Å². The van der Waals surface area contributed by atoms with E-state index in [-0.39, 0.29) is 19.2 Å². The van der Waals surface area contributed by atoms with Gasteiger partial charge in [-0.1, -0.05) is 32.4 Å². The van der Waals surface area contributed by atoms with E-state index in [0.717, 1.165) is 25.3 Å². The van der Waals surface area contributed by atoms with Gasteiger partial charge in [-0.15, -0.1) is 0 Å². The molecule has 0 atom stereocenters. The molecule has 0 aromatic carbocycles. The van der Waals surface area contributed by atoms with Crippen molar-refractivity contribution in [3.8, 4) is 0 Å². The van der Waals surface area contributed by atoms with Crippen LogP contribution in [-0.2, 0) is 19.1 Å². The number of allylic oxidation sites excluding steroid dienone is 1. The first-order valence-corrected chi connectivity index (χ1v) is 5.74. The largest absolute Gasteiger partial charge is 0.459 e. The topological polar surface area (TPSA) is 52.6 Å². The summed E-state index contributed by atoms with van der Waals surface area (Å²) in [6.07, 6.45) is 5.96. The van der Waals surface area contributed by atoms with Crippen molar-refractivity contribution in [1.29, 1.82) is 0 Å². The summed E-state index contributed by atoms with van der Waals surface area (Å²) in [6.45, 7) is 7.18. The number of carbonyl (C=O) groups excluding carboxylic acids is 2. The Morgan fingerprint density at radius 3 is 2.47 bits per heavy atom. The summed E-state index contributed by atoms with van der Waals surface area (Å²) in [6, 6.07) is 0. The molecule has 17 heavy (non-hydrogen) atoms. The fraction of sp³-hybridized carbons (Fsp3) is 0.538. The van der Waals surface area contributed by atoms with Gasteiger partial charge in [-0.3, -0.25) is 0 Å². The SMILES string of the molecule is C=CC(=O)OCCOC(=O)C(C)=CCCCC. The van der Waals surface area contributed by atoms with E-state index in [0.29, 0.717) is 5.57 Å². The molecule has 0 bridgehead atoms. The quantitative estimate of drug-likeness (QED) is 0.371. The van der Waals surface area contributed by atoms with Crippen LogP contribution < -0.4 is 0 Å². The molecule has 0 rings (SSSR count). The lowest BCUT2D eigenvalue weighted by atomic mass is 10.2. The zero-order valence-electron chi connectivity index (χ0n) is 10.5. The van der Waals surface area contributed by atoms with Crippen LogP contribution in [0.5, 0.6) is 0 Å². The number of ether oxygens (including phenoxy) is 2. The third-order valence-electron chi connectivity index (χ3n) is 2.06. The molecule has 0 amide bonds. The second kappa shape index (κ2) is 9.63. The van der Waals surface area contributed by atoms with Crippen LogP contribution in [0.25, 0.3) is 0 Å². The van der Waals surface area contributed by atoms with Crippen molar-refractivity contribution >= 4 is 11.9 Å². The lowest BCUT2D eigenvalue weighted by molar-refractivity contribution is -0.146. The summed E-state index contributed by atoms with van der Waals surface area (Å²) >= 11 is 0. The Balaban J connectivity index is 3.74. The van der Waals surface area contributed by atoms with Crippen LogP contribution in [0.1, 0.15) is 33.1 Å². The monoisotopic (exact) mass is 240 g/mol. The van der Waals surface area contributed by atoms with Gasteiger partial charge in [0, 0.05) is 11.6 Å². The Morgan fingerprint density at radius 2 is 1.88 bits per heavy atom. The van der Waals surface area contributed by atoms with Gasteiger partial charge in [0.25, 0.3) is 0 Å². The lowest BCUT2D eigenvalue weighted by Gasteiger charge is -2.05. The highest BCUT2D eigenvalue weighted by molar-refractivity contribution is 5.87. The first-order chi connectivity index (χ1) is 8.11. The number of unbranched alkanes of at least 4 members (excludes halogenated alkanes) is 2. The molecule has 0 aromatic rings. The summed E-state index contributed by atoms with van der Waals surface area (Å²) in [5.74, 6) is -0.882. The van der Waals surface area contributed by atoms with Gasteiger partial charge in [0.2, 0.25) is 0 Å². The van der Waals surface area contributed by atoms with Gasteiger partial charge in [-0.25, -0.2) is 9.59 Å². The Labute approximate surface area is 102 Å². The first-order valence-electron chi connectivity index (χ1n) is 5.74. The van der Waals surface area contributed by atoms with Crippen molar-refractivity contribution in [3.05, 3.63) is 24.3 Å². The minimum Gasteiger partial charge on any atom is -0.459 e. The van der Waals surface area contributed by atoms with Crippen LogP contribution in [0.3, 0.4) is 0 Å². The van der Waals surface area contributed by atoms with E-state index in [2.05, 4.69) is 18.2 Å². The van der Waals surface area contributed by atoms with Crippen LogP contribution in [0.15, 0.2) is 24.3 Å². The summed E-state index contributed by atoms with van der Waals surface area (Å²) < 4.78 is 9.58. The summed E-state index contributed by atoms with van der Waals surface area (Å²) in [4.78, 5) is 22.1. The molecule has 0 aliphatic heterocycles. The van der Waals surface area contributed by atoms with Gasteiger partial charge in [-0.2, -0.15) is 0 Å². The maximum atomic E-state index is 11.4. The lowest BCUT2D eigenvalue weighted by Crippen LogP contribution is -2.13. The fourth-order valence-electron chi connectivity index (χ4n) is 1.06. The highest BCUT2D eigenvalue weighted by atomic mass is 16.6. The molecule has 0 spiro atoms. The average Bonchev–Trinajstić information content (AvgIpc) is 2.34. The molecule has 0 saturated carbocycles. The second-order valence-electron chi connectivity index (χ2n) is 3.54. The molecule has 0 N–H and O–H groups in total. The van der Waals surface area contributed by atoms with Crippen LogP contribution >= 0.6 is 0 Å². The smallest absolute Gasteiger partial charge is 0.333 e. The van der Waals surface area contributed by atoms with E-state index in [1.54, 1.807) is 6.92 Å². The van der Waals surface area contributed by atoms with Crippen molar-refractivity contribution < 1.29 is 19.1 Å². The van der Waals surface area contributed by atoms with E-state index in [1.165, 1.54) is 0 Å². The van der Waals surface area contributed by atoms with Crippen molar-refractivity contribution in [2.45, 2.75) is 33.1 Å². The molecule has 0 unspecified atom stereocenters. The summed E-state index contributed by atoms with van der Waals surface area (Å²) in [5, 5.41) is 0. The molecule has 0 heterocycles. The van der Waals surface area contributed by atoms with Crippen molar-refractivity contribution in [3.63, 3.8) is 0 Å². The van der Waals surface area contributed by atoms with Crippen molar-refractivity contribution in [2.75, 3.05) is 13.2 Å². The number of hydrogen-bond acceptors (Lipinski definition) is 4. The highest BCUT2D eigenvalue weighted by Gasteiger charge is 2.05. The third-order valence-corrected chi connectivity index (χ3v) is 2.06. The van der Waals surface area contributed by atoms with Gasteiger partial charge in [0.05, 0.1) is 0 Å². The van der Waals surface area contributed by atoms with Gasteiger partial charge < -0.3 is 9.47 Å². The van der Waals surface area contributed by atoms with E-state index < -0.39 is 5.97 Å². The van der Waals surface area contributed by atoms with E-state index in [1.807, 2.05) is 6.08 Å². The van der Waals surface area contributed by atoms with Crippen molar-refractivity contribution in [2.24, 2.45) is 0 Å². The van der Waals surface area contributed by atoms with Crippen molar-refractivity contribution in [1.82, 2.24) is 0 Å². The molecule has 0 saturated heterocycles. The van der Waals surface area contributed by atoms with Gasteiger partial charge in [0.15, 0.2) is 0 Å². The predicted octanol–water partition coefficient (Wildman–Crippen LogP) is 2.40. The number of esters is 2. The third kappa shape index (κ3) is 8.25. The Kier molecular flexibility index (Phi) is 8.74. The molecule has 4 heteroatoms. The van der Waals surface area contributed by atoms with Crippen LogP contribution in [0, 0.1) is 0 Å². The van der Waals surface area contributed by atoms with Gasteiger partial charge in [-0.05, 0) is 13.3 Å². The van der Waals surface area contributed by atoms with E-state index in [9.17, 15) is 9.59 Å². The minimum absolute atomic E-state index is 0.0544. The maximum absolute atomic E-state index is 11.4. The molecule has 0 radical (unpaired) electrons. The van der Waals surface area contributed by atoms with Gasteiger partial charge in [0.1, 0.15) is 13.2 Å².